The second-order valence-electron chi connectivity index (χ2n) is 4.82. The fourth-order valence-corrected chi connectivity index (χ4v) is 3.97. The predicted octanol–water partition coefficient (Wildman–Crippen LogP) is 3.15. The summed E-state index contributed by atoms with van der Waals surface area (Å²) in [6.45, 7) is 1.99. The fourth-order valence-electron chi connectivity index (χ4n) is 2.33. The lowest BCUT2D eigenvalue weighted by Crippen LogP contribution is -2.24. The Labute approximate surface area is 115 Å². The van der Waals surface area contributed by atoms with Crippen LogP contribution in [0.25, 0.3) is 0 Å². The van der Waals surface area contributed by atoms with Crippen molar-refractivity contribution in [1.29, 1.82) is 0 Å². The summed E-state index contributed by atoms with van der Waals surface area (Å²) in [5.74, 6) is 0. The molecule has 3 atom stereocenters. The second-order valence-corrected chi connectivity index (χ2v) is 6.52. The van der Waals surface area contributed by atoms with Gasteiger partial charge in [0.1, 0.15) is 0 Å². The van der Waals surface area contributed by atoms with E-state index >= 15 is 0 Å². The van der Waals surface area contributed by atoms with Crippen molar-refractivity contribution in [2.45, 2.75) is 29.3 Å². The Morgan fingerprint density at radius 2 is 1.58 bits per heavy atom. The minimum Gasteiger partial charge on any atom is -0.351 e. The molecule has 0 saturated carbocycles. The first kappa shape index (κ1) is 12.6. The maximum Gasteiger partial charge on any atom is 0.177 e. The van der Waals surface area contributed by atoms with Crippen LogP contribution >= 0.6 is 0 Å². The van der Waals surface area contributed by atoms with E-state index < -0.39 is 15.7 Å². The van der Waals surface area contributed by atoms with Crippen LogP contribution in [0.4, 0.5) is 0 Å². The van der Waals surface area contributed by atoms with Gasteiger partial charge in [-0.3, -0.25) is 4.21 Å². The van der Waals surface area contributed by atoms with Crippen molar-refractivity contribution >= 4 is 10.8 Å². The largest absolute Gasteiger partial charge is 0.351 e. The molecule has 19 heavy (non-hydrogen) atoms. The molecule has 0 spiro atoms. The molecule has 0 aliphatic carbocycles. The third-order valence-electron chi connectivity index (χ3n) is 3.50. The second kappa shape index (κ2) is 4.91. The highest BCUT2D eigenvalue weighted by Crippen LogP contribution is 2.44. The molecular weight excluding hydrogens is 256 g/mol. The number of rotatable bonds is 4. The van der Waals surface area contributed by atoms with E-state index in [0.717, 1.165) is 10.5 Å². The normalized spacial score (nSPS) is 26.9. The molecule has 2 aromatic rings. The smallest absolute Gasteiger partial charge is 0.177 e. The van der Waals surface area contributed by atoms with Gasteiger partial charge in [0.2, 0.25) is 0 Å². The molecule has 0 radical (unpaired) electrons. The molecule has 1 fully saturated rings. The van der Waals surface area contributed by atoms with Crippen molar-refractivity contribution in [3.05, 3.63) is 66.2 Å². The minimum absolute atomic E-state index is 0.0359. The van der Waals surface area contributed by atoms with Gasteiger partial charge in [0.25, 0.3) is 0 Å². The van der Waals surface area contributed by atoms with Crippen molar-refractivity contribution in [2.75, 3.05) is 0 Å². The molecule has 0 aromatic heterocycles. The van der Waals surface area contributed by atoms with Gasteiger partial charge in [-0.1, -0.05) is 48.5 Å². The van der Waals surface area contributed by atoms with Gasteiger partial charge in [0.05, 0.1) is 16.9 Å². The third kappa shape index (κ3) is 2.36. The summed E-state index contributed by atoms with van der Waals surface area (Å²) >= 11 is 0. The summed E-state index contributed by atoms with van der Waals surface area (Å²) in [5.41, 5.74) is 1.16. The first-order valence-electron chi connectivity index (χ1n) is 6.41. The lowest BCUT2D eigenvalue weighted by molar-refractivity contribution is 0.355. The third-order valence-corrected chi connectivity index (χ3v) is 5.40. The molecule has 98 valence electrons. The van der Waals surface area contributed by atoms with Gasteiger partial charge in [0.15, 0.2) is 4.93 Å². The van der Waals surface area contributed by atoms with Crippen LogP contribution in [-0.4, -0.2) is 15.2 Å². The average molecular weight is 272 g/mol. The van der Waals surface area contributed by atoms with E-state index in [2.05, 4.69) is 12.1 Å². The highest BCUT2D eigenvalue weighted by molar-refractivity contribution is 7.86. The maximum atomic E-state index is 12.7. The van der Waals surface area contributed by atoms with E-state index in [1.165, 1.54) is 0 Å². The molecule has 1 heterocycles. The molecule has 3 heteroatoms. The van der Waals surface area contributed by atoms with Crippen LogP contribution in [0.5, 0.6) is 0 Å². The van der Waals surface area contributed by atoms with Gasteiger partial charge >= 0.3 is 0 Å². The van der Waals surface area contributed by atoms with E-state index in [1.54, 1.807) is 0 Å². The molecule has 0 amide bonds. The molecule has 1 aliphatic heterocycles. The molecule has 1 aliphatic rings. The Morgan fingerprint density at radius 3 is 2.11 bits per heavy atom. The van der Waals surface area contributed by atoms with Gasteiger partial charge in [-0.15, -0.1) is 0 Å². The Balaban J connectivity index is 1.87. The predicted molar refractivity (Wildman–Crippen MR) is 76.3 cm³/mol. The van der Waals surface area contributed by atoms with Crippen LogP contribution in [0, 0.1) is 0 Å². The number of ether oxygens (including phenoxy) is 1. The summed E-state index contributed by atoms with van der Waals surface area (Å²) in [6.07, 6.45) is 0.727. The van der Waals surface area contributed by atoms with Gasteiger partial charge in [-0.05, 0) is 24.6 Å². The molecule has 0 bridgehead atoms. The highest BCUT2D eigenvalue weighted by Gasteiger charge is 2.58. The summed E-state index contributed by atoms with van der Waals surface area (Å²) in [6, 6.07) is 19.7. The molecule has 3 unspecified atom stereocenters. The van der Waals surface area contributed by atoms with E-state index in [1.807, 2.05) is 55.5 Å². The average Bonchev–Trinajstić information content (AvgIpc) is 3.11. The van der Waals surface area contributed by atoms with Gasteiger partial charge < -0.3 is 4.74 Å². The van der Waals surface area contributed by atoms with E-state index in [4.69, 9.17) is 4.74 Å². The van der Waals surface area contributed by atoms with E-state index in [9.17, 15) is 4.21 Å². The van der Waals surface area contributed by atoms with E-state index in [0.29, 0.717) is 6.42 Å². The van der Waals surface area contributed by atoms with Crippen molar-refractivity contribution in [2.24, 2.45) is 0 Å². The van der Waals surface area contributed by atoms with Gasteiger partial charge in [0, 0.05) is 11.3 Å². The zero-order valence-electron chi connectivity index (χ0n) is 10.8. The number of benzene rings is 2. The Kier molecular flexibility index (Phi) is 3.25. The van der Waals surface area contributed by atoms with Crippen LogP contribution in [0.15, 0.2) is 65.6 Å². The molecule has 2 aromatic carbocycles. The summed E-state index contributed by atoms with van der Waals surface area (Å²) in [4.78, 5) is 0.283. The van der Waals surface area contributed by atoms with E-state index in [-0.39, 0.29) is 6.10 Å². The number of epoxide rings is 1. The van der Waals surface area contributed by atoms with Crippen LogP contribution in [0.1, 0.15) is 12.5 Å². The summed E-state index contributed by atoms with van der Waals surface area (Å²) < 4.78 is 18.5. The molecule has 1 saturated heterocycles. The molecule has 0 N–H and O–H groups in total. The number of hydrogen-bond acceptors (Lipinski definition) is 2. The zero-order valence-corrected chi connectivity index (χ0v) is 11.6. The van der Waals surface area contributed by atoms with Crippen molar-refractivity contribution in [3.63, 3.8) is 0 Å². The van der Waals surface area contributed by atoms with Gasteiger partial charge in [-0.2, -0.15) is 0 Å². The topological polar surface area (TPSA) is 29.6 Å². The van der Waals surface area contributed by atoms with Crippen LogP contribution in [0.2, 0.25) is 0 Å². The molecule has 3 rings (SSSR count). The van der Waals surface area contributed by atoms with Gasteiger partial charge in [-0.25, -0.2) is 0 Å². The van der Waals surface area contributed by atoms with Crippen molar-refractivity contribution in [3.8, 4) is 0 Å². The molecule has 2 nitrogen and oxygen atoms in total. The van der Waals surface area contributed by atoms with Crippen LogP contribution in [0.3, 0.4) is 0 Å². The minimum atomic E-state index is -1.14. The summed E-state index contributed by atoms with van der Waals surface area (Å²) in [5, 5.41) is 0. The van der Waals surface area contributed by atoms with Crippen molar-refractivity contribution < 1.29 is 8.95 Å². The quantitative estimate of drug-likeness (QED) is 0.800. The monoisotopic (exact) mass is 272 g/mol. The fraction of sp³-hybridized carbons (Fsp3) is 0.250. The summed E-state index contributed by atoms with van der Waals surface area (Å²) in [7, 11) is -1.14. The standard InChI is InChI=1S/C16H16O2S/c1-13-16(18-13,12-14-8-4-2-5-9-14)19(17)15-10-6-3-7-11-15/h2-11,13H,12H2,1H3. The zero-order chi connectivity index (χ0) is 13.3. The first-order valence-corrected chi connectivity index (χ1v) is 7.56. The Morgan fingerprint density at radius 1 is 1.05 bits per heavy atom. The Hall–Kier alpha value is -1.45. The first-order chi connectivity index (χ1) is 9.22. The van der Waals surface area contributed by atoms with Crippen LogP contribution < -0.4 is 0 Å². The highest BCUT2D eigenvalue weighted by atomic mass is 32.2. The van der Waals surface area contributed by atoms with Crippen molar-refractivity contribution in [1.82, 2.24) is 0 Å². The number of hydrogen-bond donors (Lipinski definition) is 0. The molecular formula is C16H16O2S. The Bertz CT molecular complexity index is 582. The maximum absolute atomic E-state index is 12.7. The SMILES string of the molecule is CC1OC1(Cc1ccccc1)S(=O)c1ccccc1. The van der Waals surface area contributed by atoms with Crippen LogP contribution in [-0.2, 0) is 22.0 Å². The lowest BCUT2D eigenvalue weighted by atomic mass is 10.1. The lowest BCUT2D eigenvalue weighted by Gasteiger charge is -2.12.